The van der Waals surface area contributed by atoms with Gasteiger partial charge in [0, 0.05) is 11.8 Å². The van der Waals surface area contributed by atoms with Crippen LogP contribution in [0.25, 0.3) is 5.76 Å². The maximum absolute atomic E-state index is 11.3. The van der Waals surface area contributed by atoms with Gasteiger partial charge in [0.05, 0.1) is 13.7 Å². The van der Waals surface area contributed by atoms with Crippen molar-refractivity contribution in [2.24, 2.45) is 0 Å². The van der Waals surface area contributed by atoms with Crippen LogP contribution in [-0.4, -0.2) is 24.6 Å². The van der Waals surface area contributed by atoms with E-state index in [1.165, 1.54) is 18.3 Å². The molecule has 1 heterocycles. The van der Waals surface area contributed by atoms with Gasteiger partial charge >= 0.3 is 6.09 Å². The lowest BCUT2D eigenvalue weighted by atomic mass is 10.2. The quantitative estimate of drug-likeness (QED) is 0.745. The molecule has 88 valence electrons. The second-order valence-electron chi connectivity index (χ2n) is 3.46. The number of amides is 1. The van der Waals surface area contributed by atoms with Gasteiger partial charge in [0.1, 0.15) is 12.0 Å². The van der Waals surface area contributed by atoms with Crippen LogP contribution in [0.5, 0.6) is 0 Å². The van der Waals surface area contributed by atoms with Crippen molar-refractivity contribution in [3.8, 4) is 0 Å². The summed E-state index contributed by atoms with van der Waals surface area (Å²) < 4.78 is 10.1. The molecule has 0 N–H and O–H groups in total. The Morgan fingerprint density at radius 2 is 2.12 bits per heavy atom. The first-order valence-electron chi connectivity index (χ1n) is 5.25. The highest BCUT2D eigenvalue weighted by Gasteiger charge is 2.13. The number of rotatable bonds is 1. The lowest BCUT2D eigenvalue weighted by Gasteiger charge is -2.11. The van der Waals surface area contributed by atoms with Gasteiger partial charge < -0.3 is 9.47 Å². The van der Waals surface area contributed by atoms with Gasteiger partial charge in [-0.1, -0.05) is 30.3 Å². The first kappa shape index (κ1) is 11.3. The van der Waals surface area contributed by atoms with E-state index in [4.69, 9.17) is 4.74 Å². The molecule has 4 heteroatoms. The molecule has 1 aromatic carbocycles. The van der Waals surface area contributed by atoms with E-state index in [0.29, 0.717) is 6.54 Å². The average Bonchev–Trinajstić information content (AvgIpc) is 2.64. The van der Waals surface area contributed by atoms with Crippen LogP contribution in [0.1, 0.15) is 5.56 Å². The monoisotopic (exact) mass is 231 g/mol. The van der Waals surface area contributed by atoms with Crippen LogP contribution in [0.3, 0.4) is 0 Å². The third-order valence-electron chi connectivity index (χ3n) is 2.38. The molecular formula is C13H13NO3. The van der Waals surface area contributed by atoms with Gasteiger partial charge in [-0.25, -0.2) is 4.79 Å². The van der Waals surface area contributed by atoms with E-state index in [1.807, 2.05) is 36.4 Å². The first-order valence-corrected chi connectivity index (χ1v) is 5.25. The van der Waals surface area contributed by atoms with Crippen LogP contribution in [0, 0.1) is 0 Å². The minimum atomic E-state index is -0.407. The largest absolute Gasteiger partial charge is 0.463 e. The number of ether oxygens (including phenoxy) is 2. The predicted molar refractivity (Wildman–Crippen MR) is 63.8 cm³/mol. The van der Waals surface area contributed by atoms with Crippen molar-refractivity contribution in [3.63, 3.8) is 0 Å². The van der Waals surface area contributed by atoms with Crippen LogP contribution < -0.4 is 0 Å². The summed E-state index contributed by atoms with van der Waals surface area (Å²) >= 11 is 0. The van der Waals surface area contributed by atoms with Crippen molar-refractivity contribution in [1.29, 1.82) is 0 Å². The number of benzene rings is 1. The molecule has 0 saturated carbocycles. The highest BCUT2D eigenvalue weighted by molar-refractivity contribution is 5.70. The molecule has 0 radical (unpaired) electrons. The van der Waals surface area contributed by atoms with Crippen LogP contribution in [0.15, 0.2) is 48.9 Å². The van der Waals surface area contributed by atoms with E-state index in [1.54, 1.807) is 6.20 Å². The second-order valence-corrected chi connectivity index (χ2v) is 3.46. The zero-order valence-corrected chi connectivity index (χ0v) is 9.50. The molecule has 0 bridgehead atoms. The van der Waals surface area contributed by atoms with Crippen LogP contribution >= 0.6 is 0 Å². The summed E-state index contributed by atoms with van der Waals surface area (Å²) in [7, 11) is 1.35. The third kappa shape index (κ3) is 2.66. The Labute approximate surface area is 99.7 Å². The Morgan fingerprint density at radius 1 is 1.35 bits per heavy atom. The molecule has 1 aliphatic rings. The molecular weight excluding hydrogens is 218 g/mol. The fraction of sp³-hybridized carbons (Fsp3) is 0.154. The molecule has 0 aliphatic carbocycles. The number of carbonyl (C=O) groups excluding carboxylic acids is 1. The van der Waals surface area contributed by atoms with E-state index < -0.39 is 6.09 Å². The summed E-state index contributed by atoms with van der Waals surface area (Å²) in [4.78, 5) is 12.8. The molecule has 1 aliphatic heterocycles. The number of nitrogens with zero attached hydrogens (tertiary/aromatic N) is 1. The molecule has 4 nitrogen and oxygen atoms in total. The summed E-state index contributed by atoms with van der Waals surface area (Å²) in [5.74, 6) is 0.730. The summed E-state index contributed by atoms with van der Waals surface area (Å²) in [6.07, 6.45) is 4.46. The van der Waals surface area contributed by atoms with Crippen molar-refractivity contribution in [2.45, 2.75) is 0 Å². The molecule has 17 heavy (non-hydrogen) atoms. The zero-order chi connectivity index (χ0) is 12.1. The Morgan fingerprint density at radius 3 is 2.82 bits per heavy atom. The molecule has 0 fully saturated rings. The van der Waals surface area contributed by atoms with Gasteiger partial charge in [0.25, 0.3) is 0 Å². The van der Waals surface area contributed by atoms with Gasteiger partial charge in [-0.05, 0) is 6.08 Å². The second kappa shape index (κ2) is 5.21. The van der Waals surface area contributed by atoms with Crippen molar-refractivity contribution in [1.82, 2.24) is 4.90 Å². The summed E-state index contributed by atoms with van der Waals surface area (Å²) in [6.45, 7) is 0.424. The van der Waals surface area contributed by atoms with Gasteiger partial charge in [-0.2, -0.15) is 0 Å². The fourth-order valence-electron chi connectivity index (χ4n) is 1.51. The zero-order valence-electron chi connectivity index (χ0n) is 9.50. The smallest absolute Gasteiger partial charge is 0.413 e. The summed E-state index contributed by atoms with van der Waals surface area (Å²) in [6, 6.07) is 9.72. The van der Waals surface area contributed by atoms with Crippen molar-refractivity contribution >= 4 is 11.9 Å². The molecule has 0 aromatic heterocycles. The molecule has 0 atom stereocenters. The fourth-order valence-corrected chi connectivity index (χ4v) is 1.51. The highest BCUT2D eigenvalue weighted by Crippen LogP contribution is 2.18. The highest BCUT2D eigenvalue weighted by atomic mass is 16.5. The maximum Gasteiger partial charge on any atom is 0.413 e. The number of hydrogen-bond donors (Lipinski definition) is 0. The van der Waals surface area contributed by atoms with Crippen LogP contribution in [0.4, 0.5) is 4.79 Å². The van der Waals surface area contributed by atoms with E-state index in [2.05, 4.69) is 4.74 Å². The van der Waals surface area contributed by atoms with E-state index in [-0.39, 0.29) is 0 Å². The normalized spacial score (nSPS) is 14.6. The van der Waals surface area contributed by atoms with Gasteiger partial charge in [-0.3, -0.25) is 4.90 Å². The number of carbonyl (C=O) groups is 1. The lowest BCUT2D eigenvalue weighted by Crippen LogP contribution is -2.25. The Balaban J connectivity index is 2.16. The van der Waals surface area contributed by atoms with E-state index in [9.17, 15) is 4.79 Å². The van der Waals surface area contributed by atoms with Crippen molar-refractivity contribution in [3.05, 3.63) is 54.4 Å². The van der Waals surface area contributed by atoms with E-state index in [0.717, 1.165) is 11.3 Å². The predicted octanol–water partition coefficient (Wildman–Crippen LogP) is 2.60. The van der Waals surface area contributed by atoms with Gasteiger partial charge in [0.2, 0.25) is 0 Å². The Bertz CT molecular complexity index is 451. The van der Waals surface area contributed by atoms with Crippen LogP contribution in [-0.2, 0) is 9.47 Å². The average molecular weight is 231 g/mol. The molecule has 0 unspecified atom stereocenters. The molecule has 1 amide bonds. The molecule has 0 saturated heterocycles. The molecule has 2 rings (SSSR count). The topological polar surface area (TPSA) is 38.8 Å². The van der Waals surface area contributed by atoms with Gasteiger partial charge in [0.15, 0.2) is 0 Å². The molecule has 0 spiro atoms. The first-order chi connectivity index (χ1) is 8.31. The number of methoxy groups -OCH3 is 1. The van der Waals surface area contributed by atoms with Gasteiger partial charge in [-0.15, -0.1) is 0 Å². The summed E-state index contributed by atoms with van der Waals surface area (Å²) in [5, 5.41) is 0. The van der Waals surface area contributed by atoms with E-state index >= 15 is 0 Å². The Hall–Kier alpha value is -2.23. The SMILES string of the molecule is COC(=O)N1C=COC(c2ccccc2)=CC1. The molecule has 1 aromatic rings. The van der Waals surface area contributed by atoms with Crippen LogP contribution in [0.2, 0.25) is 0 Å². The van der Waals surface area contributed by atoms with Crippen molar-refractivity contribution in [2.75, 3.05) is 13.7 Å². The number of hydrogen-bond acceptors (Lipinski definition) is 3. The minimum Gasteiger partial charge on any atom is -0.463 e. The minimum absolute atomic E-state index is 0.407. The lowest BCUT2D eigenvalue weighted by molar-refractivity contribution is 0.143. The van der Waals surface area contributed by atoms with Crippen molar-refractivity contribution < 1.29 is 14.3 Å². The summed E-state index contributed by atoms with van der Waals surface area (Å²) in [5.41, 5.74) is 0.976. The standard InChI is InChI=1S/C13H13NO3/c1-16-13(15)14-8-7-12(17-10-9-14)11-5-3-2-4-6-11/h2-7,9-10H,8H2,1H3. The Kier molecular flexibility index (Phi) is 3.45. The third-order valence-corrected chi connectivity index (χ3v) is 2.38. The maximum atomic E-state index is 11.3.